The van der Waals surface area contributed by atoms with Crippen LogP contribution < -0.4 is 5.56 Å². The normalized spacial score (nSPS) is 12.3. The van der Waals surface area contributed by atoms with Gasteiger partial charge in [-0.05, 0) is 33.3 Å². The van der Waals surface area contributed by atoms with Gasteiger partial charge in [-0.3, -0.25) is 14.2 Å². The fraction of sp³-hybridized carbons (Fsp3) is 0.588. The fourth-order valence-electron chi connectivity index (χ4n) is 2.19. The minimum atomic E-state index is -0.379. The summed E-state index contributed by atoms with van der Waals surface area (Å²) in [5.74, 6) is 0.489. The first-order chi connectivity index (χ1) is 10.5. The lowest BCUT2D eigenvalue weighted by atomic mass is 9.92. The van der Waals surface area contributed by atoms with Gasteiger partial charge in [-0.1, -0.05) is 32.5 Å². The van der Waals surface area contributed by atoms with Gasteiger partial charge in [-0.2, -0.15) is 0 Å². The van der Waals surface area contributed by atoms with E-state index in [9.17, 15) is 9.59 Å². The Morgan fingerprint density at radius 2 is 1.91 bits per heavy atom. The molecule has 126 valence electrons. The molecule has 4 nitrogen and oxygen atoms in total. The van der Waals surface area contributed by atoms with E-state index in [0.29, 0.717) is 16.3 Å². The van der Waals surface area contributed by atoms with Gasteiger partial charge in [0, 0.05) is 16.3 Å². The van der Waals surface area contributed by atoms with E-state index >= 15 is 0 Å². The number of fused-ring (bicyclic) bond motifs is 1. The van der Waals surface area contributed by atoms with Crippen LogP contribution in [0, 0.1) is 19.3 Å². The predicted octanol–water partition coefficient (Wildman–Crippen LogP) is 4.36. The third-order valence-electron chi connectivity index (χ3n) is 3.89. The number of aryl methyl sites for hydroxylation is 2. The number of carbonyl (C=O) groups excluding carboxylic acids is 1. The van der Waals surface area contributed by atoms with Crippen LogP contribution in [0.25, 0.3) is 10.2 Å². The topological polar surface area (TPSA) is 52.0 Å². The molecular formula is C17H24N2O2S2. The standard InChI is InChI=1S/C17H24N2O2S2/c1-9(2)19-15(21)13-10(3)11(4)23-14(13)18-16(19)22-8-12(20)17(5,6)7/h9H,8H2,1-7H3. The van der Waals surface area contributed by atoms with Gasteiger partial charge in [0.05, 0.1) is 11.1 Å². The second-order valence-electron chi connectivity index (χ2n) is 7.09. The van der Waals surface area contributed by atoms with Crippen molar-refractivity contribution in [3.8, 4) is 0 Å². The summed E-state index contributed by atoms with van der Waals surface area (Å²) in [6.07, 6.45) is 0. The molecule has 2 aromatic rings. The Morgan fingerprint density at radius 3 is 2.43 bits per heavy atom. The lowest BCUT2D eigenvalue weighted by molar-refractivity contribution is -0.123. The van der Waals surface area contributed by atoms with Gasteiger partial charge in [0.25, 0.3) is 5.56 Å². The van der Waals surface area contributed by atoms with Crippen LogP contribution in [0.15, 0.2) is 9.95 Å². The summed E-state index contributed by atoms with van der Waals surface area (Å²) in [6.45, 7) is 13.7. The zero-order chi connectivity index (χ0) is 17.5. The molecule has 0 fully saturated rings. The van der Waals surface area contributed by atoms with Gasteiger partial charge in [-0.25, -0.2) is 4.98 Å². The molecule has 0 unspecified atom stereocenters. The van der Waals surface area contributed by atoms with Crippen molar-refractivity contribution in [3.63, 3.8) is 0 Å². The number of rotatable bonds is 4. The zero-order valence-corrected chi connectivity index (χ0v) is 16.4. The largest absolute Gasteiger partial charge is 0.298 e. The van der Waals surface area contributed by atoms with E-state index in [1.807, 2.05) is 48.5 Å². The molecule has 0 bridgehead atoms. The number of ketones is 1. The quantitative estimate of drug-likeness (QED) is 0.606. The molecule has 2 aromatic heterocycles. The average molecular weight is 353 g/mol. The third kappa shape index (κ3) is 3.53. The van der Waals surface area contributed by atoms with Crippen LogP contribution in [0.2, 0.25) is 0 Å². The second kappa shape index (κ2) is 6.40. The summed E-state index contributed by atoms with van der Waals surface area (Å²) in [4.78, 5) is 31.7. The first-order valence-corrected chi connectivity index (χ1v) is 9.52. The van der Waals surface area contributed by atoms with Crippen molar-refractivity contribution >= 4 is 39.1 Å². The third-order valence-corrected chi connectivity index (χ3v) is 5.94. The Labute approximate surface area is 145 Å². The Morgan fingerprint density at radius 1 is 1.30 bits per heavy atom. The van der Waals surface area contributed by atoms with E-state index < -0.39 is 0 Å². The highest BCUT2D eigenvalue weighted by Gasteiger charge is 2.23. The molecule has 0 aliphatic rings. The van der Waals surface area contributed by atoms with Crippen molar-refractivity contribution < 1.29 is 4.79 Å². The van der Waals surface area contributed by atoms with E-state index in [-0.39, 0.29) is 22.8 Å². The molecule has 0 amide bonds. The van der Waals surface area contributed by atoms with E-state index in [4.69, 9.17) is 0 Å². The minimum absolute atomic E-state index is 0.00226. The van der Waals surface area contributed by atoms with Crippen molar-refractivity contribution in [1.82, 2.24) is 9.55 Å². The Balaban J connectivity index is 2.53. The van der Waals surface area contributed by atoms with Crippen molar-refractivity contribution in [3.05, 3.63) is 20.8 Å². The number of thiophene rings is 1. The number of aromatic nitrogens is 2. The molecule has 0 atom stereocenters. The van der Waals surface area contributed by atoms with E-state index in [1.165, 1.54) is 11.8 Å². The molecular weight excluding hydrogens is 328 g/mol. The molecule has 2 rings (SSSR count). The van der Waals surface area contributed by atoms with Crippen molar-refractivity contribution in [2.24, 2.45) is 5.41 Å². The molecule has 0 saturated heterocycles. The highest BCUT2D eigenvalue weighted by Crippen LogP contribution is 2.30. The summed E-state index contributed by atoms with van der Waals surface area (Å²) in [7, 11) is 0. The van der Waals surface area contributed by atoms with Crippen LogP contribution in [-0.2, 0) is 4.79 Å². The van der Waals surface area contributed by atoms with Crippen LogP contribution in [-0.4, -0.2) is 21.1 Å². The molecule has 0 radical (unpaired) electrons. The number of Topliss-reactive ketones (excluding diaryl/α,β-unsaturated/α-hetero) is 1. The maximum absolute atomic E-state index is 12.9. The molecule has 6 heteroatoms. The zero-order valence-electron chi connectivity index (χ0n) is 14.8. The van der Waals surface area contributed by atoms with Crippen LogP contribution in [0.3, 0.4) is 0 Å². The van der Waals surface area contributed by atoms with Crippen LogP contribution in [0.4, 0.5) is 0 Å². The van der Waals surface area contributed by atoms with Gasteiger partial charge >= 0.3 is 0 Å². The number of nitrogens with zero attached hydrogens (tertiary/aromatic N) is 2. The van der Waals surface area contributed by atoms with Crippen LogP contribution in [0.5, 0.6) is 0 Å². The van der Waals surface area contributed by atoms with Crippen molar-refractivity contribution in [2.75, 3.05) is 5.75 Å². The summed E-state index contributed by atoms with van der Waals surface area (Å²) in [5, 5.41) is 1.35. The Kier molecular flexibility index (Phi) is 5.06. The Bertz CT molecular complexity index is 811. The average Bonchev–Trinajstić information content (AvgIpc) is 2.69. The molecule has 0 saturated carbocycles. The smallest absolute Gasteiger partial charge is 0.263 e. The van der Waals surface area contributed by atoms with Crippen LogP contribution in [0.1, 0.15) is 51.1 Å². The van der Waals surface area contributed by atoms with Crippen molar-refractivity contribution in [2.45, 2.75) is 59.7 Å². The van der Waals surface area contributed by atoms with E-state index in [0.717, 1.165) is 15.3 Å². The summed E-state index contributed by atoms with van der Waals surface area (Å²) in [6, 6.07) is 0.00578. The second-order valence-corrected chi connectivity index (χ2v) is 9.23. The number of thioether (sulfide) groups is 1. The first-order valence-electron chi connectivity index (χ1n) is 7.72. The lowest BCUT2D eigenvalue weighted by Gasteiger charge is -2.18. The molecule has 0 aliphatic heterocycles. The van der Waals surface area contributed by atoms with Gasteiger partial charge in [0.15, 0.2) is 5.16 Å². The number of hydrogen-bond donors (Lipinski definition) is 0. The highest BCUT2D eigenvalue weighted by molar-refractivity contribution is 7.99. The molecule has 0 aliphatic carbocycles. The molecule has 0 aromatic carbocycles. The summed E-state index contributed by atoms with van der Waals surface area (Å²) >= 11 is 2.91. The molecule has 2 heterocycles. The van der Waals surface area contributed by atoms with Gasteiger partial charge in [-0.15, -0.1) is 11.3 Å². The fourth-order valence-corrected chi connectivity index (χ4v) is 4.55. The molecule has 23 heavy (non-hydrogen) atoms. The summed E-state index contributed by atoms with van der Waals surface area (Å²) in [5.41, 5.74) is 0.632. The Hall–Kier alpha value is -1.14. The minimum Gasteiger partial charge on any atom is -0.298 e. The maximum atomic E-state index is 12.9. The van der Waals surface area contributed by atoms with Gasteiger partial charge in [0.1, 0.15) is 10.6 Å². The van der Waals surface area contributed by atoms with Gasteiger partial charge in [0.2, 0.25) is 0 Å². The predicted molar refractivity (Wildman–Crippen MR) is 98.9 cm³/mol. The highest BCUT2D eigenvalue weighted by atomic mass is 32.2. The monoisotopic (exact) mass is 352 g/mol. The van der Waals surface area contributed by atoms with Crippen molar-refractivity contribution in [1.29, 1.82) is 0 Å². The first kappa shape index (κ1) is 18.2. The lowest BCUT2D eigenvalue weighted by Crippen LogP contribution is -2.26. The van der Waals surface area contributed by atoms with E-state index in [1.54, 1.807) is 15.9 Å². The number of carbonyl (C=O) groups is 1. The molecule has 0 N–H and O–H groups in total. The summed E-state index contributed by atoms with van der Waals surface area (Å²) < 4.78 is 1.71. The van der Waals surface area contributed by atoms with Crippen LogP contribution >= 0.6 is 23.1 Å². The van der Waals surface area contributed by atoms with Gasteiger partial charge < -0.3 is 0 Å². The maximum Gasteiger partial charge on any atom is 0.263 e. The number of hydrogen-bond acceptors (Lipinski definition) is 5. The molecule has 0 spiro atoms. The SMILES string of the molecule is Cc1sc2nc(SCC(=O)C(C)(C)C)n(C(C)C)c(=O)c2c1C. The van der Waals surface area contributed by atoms with E-state index in [2.05, 4.69) is 4.98 Å².